The van der Waals surface area contributed by atoms with Gasteiger partial charge < -0.3 is 4.90 Å². The lowest BCUT2D eigenvalue weighted by atomic mass is 9.75. The third-order valence-corrected chi connectivity index (χ3v) is 5.52. The molecule has 0 radical (unpaired) electrons. The van der Waals surface area contributed by atoms with E-state index in [0.717, 1.165) is 31.0 Å². The van der Waals surface area contributed by atoms with E-state index in [1.807, 2.05) is 35.2 Å². The third kappa shape index (κ3) is 3.83. The van der Waals surface area contributed by atoms with Gasteiger partial charge in [-0.2, -0.15) is 0 Å². The molecule has 2 atom stereocenters. The summed E-state index contributed by atoms with van der Waals surface area (Å²) in [5, 5.41) is 7.23. The quantitative estimate of drug-likeness (QED) is 0.932. The van der Waals surface area contributed by atoms with E-state index in [1.54, 1.807) is 11.0 Å². The number of carbonyl (C=O) groups excluding carboxylic acids is 1. The second kappa shape index (κ2) is 7.25. The Balaban J connectivity index is 1.33. The number of hydrogen-bond acceptors (Lipinski definition) is 3. The molecule has 2 fully saturated rings. The average Bonchev–Trinajstić information content (AvgIpc) is 3.09. The molecule has 6 heteroatoms. The van der Waals surface area contributed by atoms with E-state index in [-0.39, 0.29) is 6.03 Å². The monoisotopic (exact) mass is 339 g/mol. The number of fused-ring (bicyclic) bond motifs is 1. The minimum Gasteiger partial charge on any atom is -0.324 e. The summed E-state index contributed by atoms with van der Waals surface area (Å²) in [6.45, 7) is 2.37. The number of hydrogen-bond donors (Lipinski definition) is 1. The summed E-state index contributed by atoms with van der Waals surface area (Å²) in [5.41, 5.74) is 1.16. The summed E-state index contributed by atoms with van der Waals surface area (Å²) in [5.74, 6) is 1.88. The first kappa shape index (κ1) is 16.1. The molecule has 25 heavy (non-hydrogen) atoms. The number of likely N-dealkylation sites (tertiary alicyclic amines) is 1. The SMILES string of the molecule is O=C(Nc1ncn(Cc2ccccc2)n1)N1CC[C@H]2CCCC[C@H]2C1. The Bertz CT molecular complexity index is 714. The Morgan fingerprint density at radius 1 is 1.12 bits per heavy atom. The molecule has 6 nitrogen and oxygen atoms in total. The Kier molecular flexibility index (Phi) is 4.68. The second-order valence-electron chi connectivity index (χ2n) is 7.22. The third-order valence-electron chi connectivity index (χ3n) is 5.52. The van der Waals surface area contributed by atoms with Gasteiger partial charge in [-0.05, 0) is 30.2 Å². The lowest BCUT2D eigenvalue weighted by Crippen LogP contribution is -2.46. The van der Waals surface area contributed by atoms with E-state index >= 15 is 0 Å². The summed E-state index contributed by atoms with van der Waals surface area (Å²) in [4.78, 5) is 18.7. The number of benzene rings is 1. The molecule has 2 heterocycles. The van der Waals surface area contributed by atoms with Gasteiger partial charge in [0.25, 0.3) is 0 Å². The van der Waals surface area contributed by atoms with E-state index < -0.39 is 0 Å². The number of amides is 2. The van der Waals surface area contributed by atoms with Gasteiger partial charge in [0, 0.05) is 13.1 Å². The van der Waals surface area contributed by atoms with Crippen LogP contribution in [0.15, 0.2) is 36.7 Å². The molecule has 1 aromatic heterocycles. The maximum Gasteiger partial charge on any atom is 0.324 e. The highest BCUT2D eigenvalue weighted by atomic mass is 16.2. The first-order chi connectivity index (χ1) is 12.3. The van der Waals surface area contributed by atoms with Crippen molar-refractivity contribution >= 4 is 12.0 Å². The van der Waals surface area contributed by atoms with Crippen LogP contribution in [0.3, 0.4) is 0 Å². The Morgan fingerprint density at radius 2 is 1.92 bits per heavy atom. The number of urea groups is 1. The van der Waals surface area contributed by atoms with Crippen molar-refractivity contribution in [2.24, 2.45) is 11.8 Å². The number of rotatable bonds is 3. The smallest absolute Gasteiger partial charge is 0.324 e. The number of aromatic nitrogens is 3. The van der Waals surface area contributed by atoms with Gasteiger partial charge in [-0.3, -0.25) is 5.32 Å². The van der Waals surface area contributed by atoms with Crippen molar-refractivity contribution in [1.82, 2.24) is 19.7 Å². The summed E-state index contributed by atoms with van der Waals surface area (Å²) in [7, 11) is 0. The largest absolute Gasteiger partial charge is 0.324 e. The van der Waals surface area contributed by atoms with Crippen LogP contribution in [0.4, 0.5) is 10.7 Å². The topological polar surface area (TPSA) is 63.1 Å². The molecule has 2 aromatic rings. The highest BCUT2D eigenvalue weighted by Crippen LogP contribution is 2.36. The molecule has 0 bridgehead atoms. The molecular formula is C19H25N5O. The molecule has 1 aromatic carbocycles. The molecule has 1 aliphatic carbocycles. The zero-order valence-electron chi connectivity index (χ0n) is 14.5. The summed E-state index contributed by atoms with van der Waals surface area (Å²) >= 11 is 0. The van der Waals surface area contributed by atoms with E-state index in [9.17, 15) is 4.79 Å². The number of carbonyl (C=O) groups is 1. The average molecular weight is 339 g/mol. The number of nitrogens with one attached hydrogen (secondary N) is 1. The van der Waals surface area contributed by atoms with Gasteiger partial charge >= 0.3 is 6.03 Å². The first-order valence-corrected chi connectivity index (χ1v) is 9.27. The van der Waals surface area contributed by atoms with Gasteiger partial charge in [0.2, 0.25) is 5.95 Å². The zero-order valence-corrected chi connectivity index (χ0v) is 14.5. The maximum atomic E-state index is 12.5. The fourth-order valence-corrected chi connectivity index (χ4v) is 4.16. The van der Waals surface area contributed by atoms with Gasteiger partial charge in [0.05, 0.1) is 6.54 Å². The fraction of sp³-hybridized carbons (Fsp3) is 0.526. The molecule has 0 unspecified atom stereocenters. The molecule has 0 spiro atoms. The van der Waals surface area contributed by atoms with Crippen LogP contribution in [0.2, 0.25) is 0 Å². The second-order valence-corrected chi connectivity index (χ2v) is 7.22. The molecule has 1 saturated carbocycles. The van der Waals surface area contributed by atoms with Crippen molar-refractivity contribution in [1.29, 1.82) is 0 Å². The number of anilines is 1. The van der Waals surface area contributed by atoms with E-state index in [4.69, 9.17) is 0 Å². The van der Waals surface area contributed by atoms with Gasteiger partial charge in [-0.25, -0.2) is 14.5 Å². The van der Waals surface area contributed by atoms with Crippen LogP contribution in [0.25, 0.3) is 0 Å². The van der Waals surface area contributed by atoms with Crippen LogP contribution >= 0.6 is 0 Å². The van der Waals surface area contributed by atoms with Crippen molar-refractivity contribution in [2.75, 3.05) is 18.4 Å². The van der Waals surface area contributed by atoms with Crippen LogP contribution in [-0.2, 0) is 6.54 Å². The summed E-state index contributed by atoms with van der Waals surface area (Å²) in [6, 6.07) is 10.0. The standard InChI is InChI=1S/C19H25N5O/c25-19(23-11-10-16-8-4-5-9-17(16)13-23)21-18-20-14-24(22-18)12-15-6-2-1-3-7-15/h1-3,6-7,14,16-17H,4-5,8-13H2,(H,21,22,25)/t16-,17+/m1/s1. The van der Waals surface area contributed by atoms with Crippen molar-refractivity contribution in [3.05, 3.63) is 42.2 Å². The van der Waals surface area contributed by atoms with Crippen molar-refractivity contribution in [2.45, 2.75) is 38.6 Å². The fourth-order valence-electron chi connectivity index (χ4n) is 4.16. The Labute approximate surface area is 148 Å². The first-order valence-electron chi connectivity index (χ1n) is 9.27. The minimum atomic E-state index is -0.0681. The molecule has 1 aliphatic heterocycles. The van der Waals surface area contributed by atoms with Crippen LogP contribution in [0.5, 0.6) is 0 Å². The van der Waals surface area contributed by atoms with Crippen molar-refractivity contribution in [3.63, 3.8) is 0 Å². The molecular weight excluding hydrogens is 314 g/mol. The molecule has 1 saturated heterocycles. The maximum absolute atomic E-state index is 12.5. The van der Waals surface area contributed by atoms with Crippen LogP contribution in [0, 0.1) is 11.8 Å². The lowest BCUT2D eigenvalue weighted by molar-refractivity contribution is 0.108. The van der Waals surface area contributed by atoms with Crippen LogP contribution < -0.4 is 5.32 Å². The lowest BCUT2D eigenvalue weighted by Gasteiger charge is -2.41. The summed E-state index contributed by atoms with van der Waals surface area (Å²) < 4.78 is 1.75. The Hall–Kier alpha value is -2.37. The van der Waals surface area contributed by atoms with Crippen LogP contribution in [-0.4, -0.2) is 38.8 Å². The predicted molar refractivity (Wildman–Crippen MR) is 96.2 cm³/mol. The highest BCUT2D eigenvalue weighted by Gasteiger charge is 2.33. The number of piperidine rings is 1. The van der Waals surface area contributed by atoms with Gasteiger partial charge in [-0.1, -0.05) is 49.6 Å². The molecule has 4 rings (SSSR count). The molecule has 2 aliphatic rings. The summed E-state index contributed by atoms with van der Waals surface area (Å²) in [6.07, 6.45) is 8.06. The van der Waals surface area contributed by atoms with Gasteiger partial charge in [-0.15, -0.1) is 5.10 Å². The highest BCUT2D eigenvalue weighted by molar-refractivity contribution is 5.87. The zero-order chi connectivity index (χ0) is 17.1. The van der Waals surface area contributed by atoms with Gasteiger partial charge in [0.15, 0.2) is 0 Å². The molecule has 132 valence electrons. The Morgan fingerprint density at radius 3 is 2.76 bits per heavy atom. The number of nitrogens with zero attached hydrogens (tertiary/aromatic N) is 4. The van der Waals surface area contributed by atoms with Gasteiger partial charge in [0.1, 0.15) is 6.33 Å². The van der Waals surface area contributed by atoms with Crippen molar-refractivity contribution in [3.8, 4) is 0 Å². The predicted octanol–water partition coefficient (Wildman–Crippen LogP) is 3.37. The molecule has 2 amide bonds. The normalized spacial score (nSPS) is 23.1. The van der Waals surface area contributed by atoms with Crippen molar-refractivity contribution < 1.29 is 4.79 Å². The van der Waals surface area contributed by atoms with E-state index in [2.05, 4.69) is 15.4 Å². The molecule has 1 N–H and O–H groups in total. The van der Waals surface area contributed by atoms with Crippen LogP contribution in [0.1, 0.15) is 37.7 Å². The minimum absolute atomic E-state index is 0.0681. The van der Waals surface area contributed by atoms with E-state index in [1.165, 1.54) is 25.7 Å². The van der Waals surface area contributed by atoms with E-state index in [0.29, 0.717) is 18.4 Å².